The van der Waals surface area contributed by atoms with Gasteiger partial charge in [-0.3, -0.25) is 9.48 Å². The third-order valence-corrected chi connectivity index (χ3v) is 3.29. The van der Waals surface area contributed by atoms with E-state index in [2.05, 4.69) is 10.4 Å². The number of aryl methyl sites for hydroxylation is 1. The topological polar surface area (TPSA) is 46.9 Å². The number of halogens is 2. The number of aromatic nitrogens is 2. The van der Waals surface area contributed by atoms with Crippen molar-refractivity contribution < 1.29 is 4.79 Å². The maximum Gasteiger partial charge on any atom is 0.251 e. The number of nitrogens with one attached hydrogen (secondary N) is 1. The van der Waals surface area contributed by atoms with Crippen molar-refractivity contribution in [2.75, 3.05) is 0 Å². The molecular formula is C13H13Cl2N3O. The van der Waals surface area contributed by atoms with E-state index in [1.165, 1.54) is 0 Å². The number of hydrogen-bond acceptors (Lipinski definition) is 2. The maximum absolute atomic E-state index is 11.9. The second kappa shape index (κ2) is 6.08. The lowest BCUT2D eigenvalue weighted by Crippen LogP contribution is -2.24. The van der Waals surface area contributed by atoms with E-state index in [-0.39, 0.29) is 5.91 Å². The van der Waals surface area contributed by atoms with Crippen LogP contribution in [0.1, 0.15) is 23.0 Å². The van der Waals surface area contributed by atoms with Crippen LogP contribution in [-0.2, 0) is 13.1 Å². The minimum absolute atomic E-state index is 0.170. The summed E-state index contributed by atoms with van der Waals surface area (Å²) in [5, 5.41) is 8.08. The molecule has 0 aliphatic carbocycles. The standard InChI is InChI=1S/C13H13Cl2N3O/c1-2-18-12(11(15)7-17-18)8-16-13(19)9-3-5-10(14)6-4-9/h3-7H,2,8H2,1H3,(H,16,19). The first kappa shape index (κ1) is 13.9. The van der Waals surface area contributed by atoms with Gasteiger partial charge in [0.15, 0.2) is 0 Å². The molecule has 1 heterocycles. The van der Waals surface area contributed by atoms with Gasteiger partial charge in [0.1, 0.15) is 0 Å². The molecular weight excluding hydrogens is 285 g/mol. The van der Waals surface area contributed by atoms with Crippen LogP contribution < -0.4 is 5.32 Å². The molecule has 0 fully saturated rings. The van der Waals surface area contributed by atoms with Crippen molar-refractivity contribution in [2.45, 2.75) is 20.0 Å². The fourth-order valence-electron chi connectivity index (χ4n) is 1.70. The highest BCUT2D eigenvalue weighted by Gasteiger charge is 2.10. The first-order chi connectivity index (χ1) is 9.11. The zero-order valence-electron chi connectivity index (χ0n) is 10.4. The van der Waals surface area contributed by atoms with Gasteiger partial charge in [-0.2, -0.15) is 5.10 Å². The van der Waals surface area contributed by atoms with E-state index in [9.17, 15) is 4.79 Å². The molecule has 0 spiro atoms. The van der Waals surface area contributed by atoms with E-state index < -0.39 is 0 Å². The van der Waals surface area contributed by atoms with Gasteiger partial charge in [0.25, 0.3) is 5.91 Å². The molecule has 0 unspecified atom stereocenters. The van der Waals surface area contributed by atoms with Crippen molar-refractivity contribution in [3.63, 3.8) is 0 Å². The summed E-state index contributed by atoms with van der Waals surface area (Å²) in [6, 6.07) is 6.71. The molecule has 0 radical (unpaired) electrons. The summed E-state index contributed by atoms with van der Waals surface area (Å²) in [5.74, 6) is -0.170. The molecule has 1 N–H and O–H groups in total. The summed E-state index contributed by atoms with van der Waals surface area (Å²) < 4.78 is 1.75. The molecule has 1 aromatic carbocycles. The predicted octanol–water partition coefficient (Wildman–Crippen LogP) is 3.14. The molecule has 0 saturated carbocycles. The van der Waals surface area contributed by atoms with Crippen LogP contribution in [-0.4, -0.2) is 15.7 Å². The fourth-order valence-corrected chi connectivity index (χ4v) is 2.04. The molecule has 6 heteroatoms. The van der Waals surface area contributed by atoms with Gasteiger partial charge in [0.2, 0.25) is 0 Å². The summed E-state index contributed by atoms with van der Waals surface area (Å²) in [6.07, 6.45) is 1.58. The molecule has 1 aromatic heterocycles. The van der Waals surface area contributed by atoms with Crippen LogP contribution in [0.5, 0.6) is 0 Å². The minimum Gasteiger partial charge on any atom is -0.346 e. The highest BCUT2D eigenvalue weighted by atomic mass is 35.5. The Bertz CT molecular complexity index is 578. The first-order valence-electron chi connectivity index (χ1n) is 5.85. The summed E-state index contributed by atoms with van der Waals surface area (Å²) >= 11 is 11.8. The Morgan fingerprint density at radius 3 is 2.63 bits per heavy atom. The molecule has 1 amide bonds. The number of amides is 1. The smallest absolute Gasteiger partial charge is 0.251 e. The summed E-state index contributed by atoms with van der Waals surface area (Å²) in [4.78, 5) is 11.9. The third-order valence-electron chi connectivity index (χ3n) is 2.72. The van der Waals surface area contributed by atoms with Crippen molar-refractivity contribution in [2.24, 2.45) is 0 Å². The van der Waals surface area contributed by atoms with E-state index in [1.807, 2.05) is 6.92 Å². The van der Waals surface area contributed by atoms with Gasteiger partial charge in [-0.15, -0.1) is 0 Å². The number of carbonyl (C=O) groups is 1. The third kappa shape index (κ3) is 3.28. The Morgan fingerprint density at radius 2 is 2.00 bits per heavy atom. The quantitative estimate of drug-likeness (QED) is 0.942. The van der Waals surface area contributed by atoms with Gasteiger partial charge in [-0.25, -0.2) is 0 Å². The molecule has 2 rings (SSSR count). The van der Waals surface area contributed by atoms with E-state index >= 15 is 0 Å². The second-order valence-electron chi connectivity index (χ2n) is 3.94. The molecule has 0 aliphatic heterocycles. The summed E-state index contributed by atoms with van der Waals surface area (Å²) in [7, 11) is 0. The van der Waals surface area contributed by atoms with E-state index in [4.69, 9.17) is 23.2 Å². The van der Waals surface area contributed by atoms with Crippen LogP contribution in [0.15, 0.2) is 30.5 Å². The first-order valence-corrected chi connectivity index (χ1v) is 6.61. The molecule has 100 valence electrons. The maximum atomic E-state index is 11.9. The lowest BCUT2D eigenvalue weighted by Gasteiger charge is -2.08. The lowest BCUT2D eigenvalue weighted by molar-refractivity contribution is 0.0950. The number of rotatable bonds is 4. The Balaban J connectivity index is 2.04. The Hall–Kier alpha value is -1.52. The van der Waals surface area contributed by atoms with Gasteiger partial charge in [-0.1, -0.05) is 23.2 Å². The monoisotopic (exact) mass is 297 g/mol. The number of nitrogens with zero attached hydrogens (tertiary/aromatic N) is 2. The van der Waals surface area contributed by atoms with Crippen LogP contribution in [0.4, 0.5) is 0 Å². The number of carbonyl (C=O) groups excluding carboxylic acids is 1. The minimum atomic E-state index is -0.170. The van der Waals surface area contributed by atoms with Gasteiger partial charge in [0.05, 0.1) is 23.5 Å². The van der Waals surface area contributed by atoms with E-state index in [0.717, 1.165) is 5.69 Å². The van der Waals surface area contributed by atoms with Crippen molar-refractivity contribution in [3.8, 4) is 0 Å². The highest BCUT2D eigenvalue weighted by molar-refractivity contribution is 6.31. The molecule has 0 aliphatic rings. The summed E-state index contributed by atoms with van der Waals surface area (Å²) in [5.41, 5.74) is 1.36. The van der Waals surface area contributed by atoms with Crippen LogP contribution in [0.25, 0.3) is 0 Å². The van der Waals surface area contributed by atoms with Crippen molar-refractivity contribution in [1.82, 2.24) is 15.1 Å². The second-order valence-corrected chi connectivity index (χ2v) is 4.79. The van der Waals surface area contributed by atoms with Gasteiger partial charge >= 0.3 is 0 Å². The lowest BCUT2D eigenvalue weighted by atomic mass is 10.2. The molecule has 0 atom stereocenters. The molecule has 2 aromatic rings. The van der Waals surface area contributed by atoms with E-state index in [0.29, 0.717) is 28.7 Å². The SMILES string of the molecule is CCn1ncc(Cl)c1CNC(=O)c1ccc(Cl)cc1. The molecule has 4 nitrogen and oxygen atoms in total. The van der Waals surface area contributed by atoms with Gasteiger partial charge < -0.3 is 5.32 Å². The Morgan fingerprint density at radius 1 is 1.32 bits per heavy atom. The summed E-state index contributed by atoms with van der Waals surface area (Å²) in [6.45, 7) is 3.01. The Labute approximate surface area is 121 Å². The zero-order valence-corrected chi connectivity index (χ0v) is 11.9. The van der Waals surface area contributed by atoms with E-state index in [1.54, 1.807) is 35.1 Å². The highest BCUT2D eigenvalue weighted by Crippen LogP contribution is 2.15. The van der Waals surface area contributed by atoms with Gasteiger partial charge in [-0.05, 0) is 31.2 Å². The van der Waals surface area contributed by atoms with Crippen LogP contribution in [0, 0.1) is 0 Å². The number of benzene rings is 1. The van der Waals surface area contributed by atoms with Crippen LogP contribution in [0.2, 0.25) is 10.0 Å². The molecule has 0 saturated heterocycles. The van der Waals surface area contributed by atoms with Crippen LogP contribution in [0.3, 0.4) is 0 Å². The zero-order chi connectivity index (χ0) is 13.8. The normalized spacial score (nSPS) is 10.5. The predicted molar refractivity (Wildman–Crippen MR) is 75.5 cm³/mol. The Kier molecular flexibility index (Phi) is 4.45. The van der Waals surface area contributed by atoms with Crippen molar-refractivity contribution in [3.05, 3.63) is 51.8 Å². The van der Waals surface area contributed by atoms with Crippen molar-refractivity contribution >= 4 is 29.1 Å². The number of hydrogen-bond donors (Lipinski definition) is 1. The van der Waals surface area contributed by atoms with Crippen LogP contribution >= 0.6 is 23.2 Å². The van der Waals surface area contributed by atoms with Gasteiger partial charge in [0, 0.05) is 17.1 Å². The van der Waals surface area contributed by atoms with Crippen molar-refractivity contribution in [1.29, 1.82) is 0 Å². The largest absolute Gasteiger partial charge is 0.346 e. The molecule has 0 bridgehead atoms. The average molecular weight is 298 g/mol. The molecule has 19 heavy (non-hydrogen) atoms. The fraction of sp³-hybridized carbons (Fsp3) is 0.231. The average Bonchev–Trinajstić information content (AvgIpc) is 2.77.